The Morgan fingerprint density at radius 1 is 1.16 bits per heavy atom. The number of alkyl halides is 3. The van der Waals surface area contributed by atoms with Crippen molar-refractivity contribution in [2.45, 2.75) is 12.6 Å². The first-order valence-electron chi connectivity index (χ1n) is 7.17. The second kappa shape index (κ2) is 7.20. The molecule has 9 heteroatoms. The molecule has 2 aromatic rings. The van der Waals surface area contributed by atoms with E-state index in [-0.39, 0.29) is 23.5 Å². The van der Waals surface area contributed by atoms with Gasteiger partial charge in [-0.15, -0.1) is 0 Å². The summed E-state index contributed by atoms with van der Waals surface area (Å²) in [6, 6.07) is 8.31. The van der Waals surface area contributed by atoms with Crippen molar-refractivity contribution < 1.29 is 22.9 Å². The van der Waals surface area contributed by atoms with Crippen LogP contribution in [0.2, 0.25) is 0 Å². The van der Waals surface area contributed by atoms with E-state index in [1.165, 1.54) is 24.3 Å². The molecular weight excluding hydrogens is 339 g/mol. The Balaban J connectivity index is 1.94. The average molecular weight is 353 g/mol. The van der Waals surface area contributed by atoms with Crippen LogP contribution < -0.4 is 11.1 Å². The second-order valence-electron chi connectivity index (χ2n) is 5.23. The maximum Gasteiger partial charge on any atom is 0.416 e. The van der Waals surface area contributed by atoms with Crippen molar-refractivity contribution in [3.8, 4) is 0 Å². The fourth-order valence-electron chi connectivity index (χ4n) is 2.13. The van der Waals surface area contributed by atoms with Gasteiger partial charge in [-0.25, -0.2) is 0 Å². The molecule has 0 heterocycles. The average Bonchev–Trinajstić information content (AvgIpc) is 2.54. The van der Waals surface area contributed by atoms with Gasteiger partial charge in [-0.3, -0.25) is 14.9 Å². The number of nitro benzene ring substituents is 1. The number of carbonyl (C=O) groups excluding carboxylic acids is 1. The minimum absolute atomic E-state index is 0.0497. The number of amides is 1. The first-order chi connectivity index (χ1) is 11.7. The molecule has 0 bridgehead atoms. The number of nitrogen functional groups attached to an aromatic ring is 1. The van der Waals surface area contributed by atoms with E-state index in [2.05, 4.69) is 5.32 Å². The summed E-state index contributed by atoms with van der Waals surface area (Å²) in [4.78, 5) is 22.1. The Hall–Kier alpha value is -3.10. The van der Waals surface area contributed by atoms with Crippen LogP contribution in [-0.2, 0) is 12.6 Å². The predicted octanol–water partition coefficient (Wildman–Crippen LogP) is 3.17. The summed E-state index contributed by atoms with van der Waals surface area (Å²) in [5, 5.41) is 13.4. The third-order valence-corrected chi connectivity index (χ3v) is 3.47. The van der Waals surface area contributed by atoms with Gasteiger partial charge in [-0.2, -0.15) is 13.2 Å². The second-order valence-corrected chi connectivity index (χ2v) is 5.23. The van der Waals surface area contributed by atoms with Crippen LogP contribution in [0.15, 0.2) is 42.5 Å². The lowest BCUT2D eigenvalue weighted by Crippen LogP contribution is -2.25. The van der Waals surface area contributed by atoms with Gasteiger partial charge in [-0.1, -0.05) is 12.1 Å². The highest BCUT2D eigenvalue weighted by molar-refractivity contribution is 5.95. The number of hydrogen-bond acceptors (Lipinski definition) is 4. The van der Waals surface area contributed by atoms with Crippen molar-refractivity contribution in [3.05, 3.63) is 69.3 Å². The highest BCUT2D eigenvalue weighted by atomic mass is 19.4. The summed E-state index contributed by atoms with van der Waals surface area (Å²) in [5.41, 5.74) is 5.00. The summed E-state index contributed by atoms with van der Waals surface area (Å²) in [5.74, 6) is -0.532. The van der Waals surface area contributed by atoms with Gasteiger partial charge in [0.15, 0.2) is 0 Å². The Morgan fingerprint density at radius 3 is 2.36 bits per heavy atom. The number of hydrogen-bond donors (Lipinski definition) is 2. The van der Waals surface area contributed by atoms with Crippen LogP contribution in [0.5, 0.6) is 0 Å². The molecule has 0 saturated carbocycles. The number of nitrogens with two attached hydrogens (primary N) is 1. The predicted molar refractivity (Wildman–Crippen MR) is 85.0 cm³/mol. The van der Waals surface area contributed by atoms with Gasteiger partial charge in [-0.05, 0) is 36.2 Å². The Labute approximate surface area is 140 Å². The third-order valence-electron chi connectivity index (χ3n) is 3.47. The van der Waals surface area contributed by atoms with Crippen molar-refractivity contribution >= 4 is 17.3 Å². The van der Waals surface area contributed by atoms with E-state index in [1.54, 1.807) is 0 Å². The van der Waals surface area contributed by atoms with Crippen LogP contribution in [0.1, 0.15) is 21.5 Å². The van der Waals surface area contributed by atoms with Gasteiger partial charge in [0.2, 0.25) is 0 Å². The number of rotatable bonds is 5. The number of carbonyl (C=O) groups is 1. The van der Waals surface area contributed by atoms with Crippen molar-refractivity contribution in [2.75, 3.05) is 12.3 Å². The Kier molecular flexibility index (Phi) is 5.26. The zero-order valence-corrected chi connectivity index (χ0v) is 12.8. The van der Waals surface area contributed by atoms with Gasteiger partial charge in [0.1, 0.15) is 5.69 Å². The molecule has 6 nitrogen and oxygen atoms in total. The summed E-state index contributed by atoms with van der Waals surface area (Å²) in [6.07, 6.45) is -4.07. The normalized spacial score (nSPS) is 11.2. The fourth-order valence-corrected chi connectivity index (χ4v) is 2.13. The molecule has 0 fully saturated rings. The molecule has 0 aliphatic carbocycles. The first kappa shape index (κ1) is 18.2. The topological polar surface area (TPSA) is 98.3 Å². The van der Waals surface area contributed by atoms with Crippen molar-refractivity contribution in [2.24, 2.45) is 0 Å². The number of benzene rings is 2. The molecule has 0 spiro atoms. The number of anilines is 1. The number of nitrogens with zero attached hydrogens (tertiary/aromatic N) is 1. The van der Waals surface area contributed by atoms with Crippen LogP contribution in [0.4, 0.5) is 24.5 Å². The lowest BCUT2D eigenvalue weighted by atomic mass is 10.1. The van der Waals surface area contributed by atoms with Gasteiger partial charge in [0.05, 0.1) is 10.5 Å². The lowest BCUT2D eigenvalue weighted by Gasteiger charge is -2.08. The molecule has 25 heavy (non-hydrogen) atoms. The molecule has 2 aromatic carbocycles. The molecule has 0 aliphatic heterocycles. The van der Waals surface area contributed by atoms with Crippen molar-refractivity contribution in [1.29, 1.82) is 0 Å². The summed E-state index contributed by atoms with van der Waals surface area (Å²) < 4.78 is 37.4. The zero-order valence-electron chi connectivity index (χ0n) is 12.8. The van der Waals surface area contributed by atoms with Gasteiger partial charge in [0, 0.05) is 18.2 Å². The van der Waals surface area contributed by atoms with E-state index in [9.17, 15) is 28.1 Å². The van der Waals surface area contributed by atoms with E-state index in [0.717, 1.165) is 18.2 Å². The molecule has 2 rings (SSSR count). The van der Waals surface area contributed by atoms with E-state index in [0.29, 0.717) is 12.0 Å². The Morgan fingerprint density at radius 2 is 1.80 bits per heavy atom. The summed E-state index contributed by atoms with van der Waals surface area (Å²) >= 11 is 0. The minimum Gasteiger partial charge on any atom is -0.393 e. The van der Waals surface area contributed by atoms with Crippen LogP contribution >= 0.6 is 0 Å². The quantitative estimate of drug-likeness (QED) is 0.490. The van der Waals surface area contributed by atoms with Crippen molar-refractivity contribution in [1.82, 2.24) is 5.32 Å². The molecule has 1 amide bonds. The minimum atomic E-state index is -4.39. The standard InChI is InChI=1S/C16H14F3N3O3/c17-16(18,19)12-4-1-10(2-5-12)7-8-21-15(23)11-3-6-13(20)14(9-11)22(24)25/h1-6,9H,7-8,20H2,(H,21,23). The number of nitrogens with one attached hydrogen (secondary N) is 1. The van der Waals surface area contributed by atoms with Crippen LogP contribution in [0, 0.1) is 10.1 Å². The maximum absolute atomic E-state index is 12.5. The van der Waals surface area contributed by atoms with Crippen molar-refractivity contribution in [3.63, 3.8) is 0 Å². The molecule has 0 atom stereocenters. The highest BCUT2D eigenvalue weighted by Gasteiger charge is 2.29. The first-order valence-corrected chi connectivity index (χ1v) is 7.17. The third kappa shape index (κ3) is 4.69. The number of nitro groups is 1. The smallest absolute Gasteiger partial charge is 0.393 e. The zero-order chi connectivity index (χ0) is 18.6. The highest BCUT2D eigenvalue weighted by Crippen LogP contribution is 2.29. The molecule has 0 aliphatic rings. The Bertz CT molecular complexity index is 789. The summed E-state index contributed by atoms with van der Waals surface area (Å²) in [7, 11) is 0. The van der Waals surface area contributed by atoms with Gasteiger partial charge >= 0.3 is 6.18 Å². The largest absolute Gasteiger partial charge is 0.416 e. The molecule has 3 N–H and O–H groups in total. The molecule has 0 unspecified atom stereocenters. The van der Waals surface area contributed by atoms with E-state index >= 15 is 0 Å². The van der Waals surface area contributed by atoms with Gasteiger partial charge < -0.3 is 11.1 Å². The summed E-state index contributed by atoms with van der Waals surface area (Å²) in [6.45, 7) is 0.169. The fraction of sp³-hybridized carbons (Fsp3) is 0.188. The van der Waals surface area contributed by atoms with Crippen LogP contribution in [0.25, 0.3) is 0 Å². The lowest BCUT2D eigenvalue weighted by molar-refractivity contribution is -0.383. The monoisotopic (exact) mass is 353 g/mol. The van der Waals surface area contributed by atoms with Crippen LogP contribution in [-0.4, -0.2) is 17.4 Å². The van der Waals surface area contributed by atoms with Crippen LogP contribution in [0.3, 0.4) is 0 Å². The van der Waals surface area contributed by atoms with E-state index in [1.807, 2.05) is 0 Å². The molecule has 0 radical (unpaired) electrons. The number of halogens is 3. The SMILES string of the molecule is Nc1ccc(C(=O)NCCc2ccc(C(F)(F)F)cc2)cc1[N+](=O)[O-]. The van der Waals surface area contributed by atoms with Gasteiger partial charge in [0.25, 0.3) is 11.6 Å². The molecule has 132 valence electrons. The molecule has 0 saturated heterocycles. The molecular formula is C16H14F3N3O3. The van der Waals surface area contributed by atoms with E-state index < -0.39 is 22.6 Å². The van der Waals surface area contributed by atoms with E-state index in [4.69, 9.17) is 5.73 Å². The maximum atomic E-state index is 12.5. The molecule has 0 aromatic heterocycles.